The maximum absolute atomic E-state index is 11.6. The molecule has 19 heavy (non-hydrogen) atoms. The number of nitrogens with zero attached hydrogens (tertiary/aromatic N) is 4. The summed E-state index contributed by atoms with van der Waals surface area (Å²) in [4.78, 5) is 11.6. The minimum Gasteiger partial charge on any atom is -0.294 e. The highest BCUT2D eigenvalue weighted by atomic mass is 32.2. The summed E-state index contributed by atoms with van der Waals surface area (Å²) in [6.45, 7) is 3.71. The third-order valence-electron chi connectivity index (χ3n) is 3.44. The van der Waals surface area contributed by atoms with Crippen LogP contribution in [0.1, 0.15) is 45.6 Å². The molecule has 7 nitrogen and oxygen atoms in total. The number of hydrazine groups is 1. The van der Waals surface area contributed by atoms with Gasteiger partial charge in [-0.1, -0.05) is 38.5 Å². The summed E-state index contributed by atoms with van der Waals surface area (Å²) in [6, 6.07) is 0.406. The van der Waals surface area contributed by atoms with Gasteiger partial charge in [-0.3, -0.25) is 10.2 Å². The summed E-state index contributed by atoms with van der Waals surface area (Å²) in [7, 11) is 0. The Kier molecular flexibility index (Phi) is 4.41. The maximum Gasteiger partial charge on any atom is 0.240 e. The minimum absolute atomic E-state index is 0.181. The van der Waals surface area contributed by atoms with Gasteiger partial charge < -0.3 is 0 Å². The number of aromatic nitrogens is 4. The zero-order valence-corrected chi connectivity index (χ0v) is 12.1. The van der Waals surface area contributed by atoms with Gasteiger partial charge in [-0.2, -0.15) is 0 Å². The highest BCUT2D eigenvalue weighted by Crippen LogP contribution is 2.33. The van der Waals surface area contributed by atoms with E-state index in [0.717, 1.165) is 18.0 Å². The molecule has 1 saturated carbocycles. The molecule has 8 heteroatoms. The lowest BCUT2D eigenvalue weighted by molar-refractivity contribution is -0.128. The molecule has 1 amide bonds. The van der Waals surface area contributed by atoms with Crippen molar-refractivity contribution in [1.29, 1.82) is 0 Å². The van der Waals surface area contributed by atoms with Crippen molar-refractivity contribution in [1.82, 2.24) is 25.6 Å². The number of nitrogens with two attached hydrogens (primary N) is 1. The van der Waals surface area contributed by atoms with Gasteiger partial charge in [0.05, 0.1) is 11.5 Å². The first kappa shape index (κ1) is 14.3. The van der Waals surface area contributed by atoms with Crippen LogP contribution in [0.5, 0.6) is 0 Å². The van der Waals surface area contributed by atoms with Crippen LogP contribution in [-0.4, -0.2) is 31.9 Å². The van der Waals surface area contributed by atoms with E-state index in [2.05, 4.69) is 21.0 Å². The zero-order chi connectivity index (χ0) is 13.9. The number of hydrogen-bond donors (Lipinski definition) is 2. The smallest absolute Gasteiger partial charge is 0.240 e. The van der Waals surface area contributed by atoms with Crippen LogP contribution in [0.3, 0.4) is 0 Å². The largest absolute Gasteiger partial charge is 0.294 e. The van der Waals surface area contributed by atoms with Crippen LogP contribution in [0.25, 0.3) is 0 Å². The average molecular weight is 284 g/mol. The molecule has 0 aliphatic heterocycles. The van der Waals surface area contributed by atoms with Crippen molar-refractivity contribution < 1.29 is 4.79 Å². The first-order valence-corrected chi connectivity index (χ1v) is 7.45. The number of thioether (sulfide) groups is 1. The van der Waals surface area contributed by atoms with Crippen LogP contribution in [0.15, 0.2) is 5.16 Å². The molecule has 0 spiro atoms. The number of carbonyl (C=O) groups is 1. The number of hydrogen-bond acceptors (Lipinski definition) is 6. The average Bonchev–Trinajstić information content (AvgIpc) is 3.05. The van der Waals surface area contributed by atoms with Crippen molar-refractivity contribution in [2.45, 2.75) is 50.7 Å². The number of amides is 1. The standard InChI is InChI=1S/C11H20N6OS/c1-11(2,9(18)13-12)7-19-10-14-15-16-17(10)8-5-3-4-6-8/h8H,3-7,12H2,1-2H3,(H,13,18). The van der Waals surface area contributed by atoms with E-state index in [-0.39, 0.29) is 5.91 Å². The molecular weight excluding hydrogens is 264 g/mol. The van der Waals surface area contributed by atoms with Crippen LogP contribution in [0.2, 0.25) is 0 Å². The molecule has 1 aliphatic carbocycles. The summed E-state index contributed by atoms with van der Waals surface area (Å²) < 4.78 is 1.90. The van der Waals surface area contributed by atoms with Gasteiger partial charge in [-0.05, 0) is 23.3 Å². The molecule has 3 N–H and O–H groups in total. The SMILES string of the molecule is CC(C)(CSc1nnnn1C1CCCC1)C(=O)NN. The molecule has 0 bridgehead atoms. The Bertz CT molecular complexity index is 440. The van der Waals surface area contributed by atoms with Gasteiger partial charge in [-0.15, -0.1) is 5.10 Å². The third kappa shape index (κ3) is 3.24. The van der Waals surface area contributed by atoms with Crippen LogP contribution >= 0.6 is 11.8 Å². The second kappa shape index (κ2) is 5.87. The Labute approximate surface area is 116 Å². The van der Waals surface area contributed by atoms with E-state index in [1.807, 2.05) is 18.5 Å². The van der Waals surface area contributed by atoms with Gasteiger partial charge in [-0.25, -0.2) is 10.5 Å². The highest BCUT2D eigenvalue weighted by Gasteiger charge is 2.29. The molecule has 1 aliphatic rings. The van der Waals surface area contributed by atoms with E-state index >= 15 is 0 Å². The molecule has 0 atom stereocenters. The Hall–Kier alpha value is -1.15. The van der Waals surface area contributed by atoms with Gasteiger partial charge >= 0.3 is 0 Å². The predicted molar refractivity (Wildman–Crippen MR) is 72.2 cm³/mol. The number of tetrazole rings is 1. The second-order valence-corrected chi connectivity index (χ2v) is 6.43. The fourth-order valence-electron chi connectivity index (χ4n) is 2.16. The summed E-state index contributed by atoms with van der Waals surface area (Å²) >= 11 is 1.50. The molecule has 1 heterocycles. The van der Waals surface area contributed by atoms with Gasteiger partial charge in [0.2, 0.25) is 11.1 Å². The Morgan fingerprint density at radius 2 is 2.21 bits per heavy atom. The van der Waals surface area contributed by atoms with Gasteiger partial charge in [0, 0.05) is 5.75 Å². The molecule has 1 fully saturated rings. The van der Waals surface area contributed by atoms with E-state index in [1.165, 1.54) is 24.6 Å². The molecule has 2 rings (SSSR count). The first-order chi connectivity index (χ1) is 9.04. The molecule has 106 valence electrons. The monoisotopic (exact) mass is 284 g/mol. The minimum atomic E-state index is -0.550. The normalized spacial score (nSPS) is 16.8. The van der Waals surface area contributed by atoms with Gasteiger partial charge in [0.15, 0.2) is 0 Å². The van der Waals surface area contributed by atoms with Gasteiger partial charge in [0.25, 0.3) is 0 Å². The van der Waals surface area contributed by atoms with E-state index in [1.54, 1.807) is 0 Å². The predicted octanol–water partition coefficient (Wildman–Crippen LogP) is 0.896. The summed E-state index contributed by atoms with van der Waals surface area (Å²) in [5.41, 5.74) is 1.64. The molecule has 0 saturated heterocycles. The number of rotatable bonds is 5. The summed E-state index contributed by atoms with van der Waals surface area (Å²) in [6.07, 6.45) is 4.72. The van der Waals surface area contributed by atoms with Crippen molar-refractivity contribution in [3.05, 3.63) is 0 Å². The van der Waals surface area contributed by atoms with Crippen molar-refractivity contribution in [3.63, 3.8) is 0 Å². The Morgan fingerprint density at radius 1 is 1.53 bits per heavy atom. The molecular formula is C11H20N6OS. The molecule has 0 aromatic carbocycles. The van der Waals surface area contributed by atoms with Crippen molar-refractivity contribution in [2.24, 2.45) is 11.3 Å². The number of carbonyl (C=O) groups excluding carboxylic acids is 1. The topological polar surface area (TPSA) is 98.7 Å². The molecule has 1 aromatic heterocycles. The molecule has 0 radical (unpaired) electrons. The Morgan fingerprint density at radius 3 is 2.84 bits per heavy atom. The van der Waals surface area contributed by atoms with Crippen LogP contribution < -0.4 is 11.3 Å². The van der Waals surface area contributed by atoms with Crippen molar-refractivity contribution in [2.75, 3.05) is 5.75 Å². The lowest BCUT2D eigenvalue weighted by atomic mass is 9.96. The van der Waals surface area contributed by atoms with Crippen LogP contribution in [0.4, 0.5) is 0 Å². The van der Waals surface area contributed by atoms with Gasteiger partial charge in [0.1, 0.15) is 0 Å². The Balaban J connectivity index is 2.00. The fraction of sp³-hybridized carbons (Fsp3) is 0.818. The van der Waals surface area contributed by atoms with Crippen molar-refractivity contribution in [3.8, 4) is 0 Å². The van der Waals surface area contributed by atoms with Crippen LogP contribution in [-0.2, 0) is 4.79 Å². The lowest BCUT2D eigenvalue weighted by Gasteiger charge is -2.21. The highest BCUT2D eigenvalue weighted by molar-refractivity contribution is 7.99. The van der Waals surface area contributed by atoms with E-state index in [9.17, 15) is 4.79 Å². The van der Waals surface area contributed by atoms with E-state index in [4.69, 9.17) is 5.84 Å². The lowest BCUT2D eigenvalue weighted by Crippen LogP contribution is -2.42. The summed E-state index contributed by atoms with van der Waals surface area (Å²) in [5, 5.41) is 12.7. The van der Waals surface area contributed by atoms with E-state index in [0.29, 0.717) is 11.8 Å². The quantitative estimate of drug-likeness (QED) is 0.361. The van der Waals surface area contributed by atoms with Crippen LogP contribution in [0, 0.1) is 5.41 Å². The number of nitrogens with one attached hydrogen (secondary N) is 1. The molecule has 0 unspecified atom stereocenters. The maximum atomic E-state index is 11.6. The van der Waals surface area contributed by atoms with E-state index < -0.39 is 5.41 Å². The third-order valence-corrected chi connectivity index (χ3v) is 4.83. The second-order valence-electron chi connectivity index (χ2n) is 5.49. The first-order valence-electron chi connectivity index (χ1n) is 6.46. The molecule has 1 aromatic rings. The fourth-order valence-corrected chi connectivity index (χ4v) is 3.20. The zero-order valence-electron chi connectivity index (χ0n) is 11.3. The summed E-state index contributed by atoms with van der Waals surface area (Å²) in [5.74, 6) is 5.59. The van der Waals surface area contributed by atoms with Crippen molar-refractivity contribution >= 4 is 17.7 Å².